The van der Waals surface area contributed by atoms with Crippen molar-refractivity contribution < 1.29 is 9.59 Å². The molecule has 2 rings (SSSR count). The number of aryl methyl sites for hydroxylation is 2. The highest BCUT2D eigenvalue weighted by Gasteiger charge is 2.25. The van der Waals surface area contributed by atoms with Crippen LogP contribution in [0.4, 0.5) is 0 Å². The van der Waals surface area contributed by atoms with Gasteiger partial charge in [0.1, 0.15) is 0 Å². The molecule has 1 unspecified atom stereocenters. The van der Waals surface area contributed by atoms with Gasteiger partial charge in [-0.1, -0.05) is 29.8 Å². The third-order valence-electron chi connectivity index (χ3n) is 4.33. The Labute approximate surface area is 150 Å². The summed E-state index contributed by atoms with van der Waals surface area (Å²) in [4.78, 5) is 25.8. The Bertz CT molecular complexity index is 534. The van der Waals surface area contributed by atoms with Gasteiger partial charge in [-0.25, -0.2) is 0 Å². The van der Waals surface area contributed by atoms with Crippen molar-refractivity contribution in [2.45, 2.75) is 26.2 Å². The lowest BCUT2D eigenvalue weighted by Crippen LogP contribution is -2.39. The molecule has 0 aromatic heterocycles. The van der Waals surface area contributed by atoms with Gasteiger partial charge >= 0.3 is 0 Å². The molecule has 0 spiro atoms. The fourth-order valence-corrected chi connectivity index (χ4v) is 2.90. The number of hydrogen-bond acceptors (Lipinski definition) is 3. The molecule has 1 aromatic carbocycles. The van der Waals surface area contributed by atoms with Crippen LogP contribution >= 0.6 is 12.4 Å². The Hall–Kier alpha value is -1.59. The van der Waals surface area contributed by atoms with Gasteiger partial charge in [0.2, 0.25) is 11.8 Å². The van der Waals surface area contributed by atoms with Crippen molar-refractivity contribution in [3.8, 4) is 0 Å². The molecule has 1 heterocycles. The summed E-state index contributed by atoms with van der Waals surface area (Å²) in [5.41, 5.74) is 2.36. The Morgan fingerprint density at radius 3 is 2.62 bits per heavy atom. The predicted octanol–water partition coefficient (Wildman–Crippen LogP) is 1.53. The first-order valence-electron chi connectivity index (χ1n) is 8.33. The van der Waals surface area contributed by atoms with Crippen LogP contribution in [0, 0.1) is 12.8 Å². The molecule has 0 bridgehead atoms. The first kappa shape index (κ1) is 20.5. The second-order valence-corrected chi connectivity index (χ2v) is 6.31. The van der Waals surface area contributed by atoms with Crippen LogP contribution in [0.5, 0.6) is 0 Å². The summed E-state index contributed by atoms with van der Waals surface area (Å²) in [5.74, 6) is 0.485. The van der Waals surface area contributed by atoms with Crippen LogP contribution in [0.15, 0.2) is 24.3 Å². The minimum Gasteiger partial charge on any atom is -0.347 e. The first-order valence-corrected chi connectivity index (χ1v) is 8.33. The Morgan fingerprint density at radius 2 is 1.96 bits per heavy atom. The fourth-order valence-electron chi connectivity index (χ4n) is 2.90. The molecule has 6 heteroatoms. The summed E-state index contributed by atoms with van der Waals surface area (Å²) < 4.78 is 0. The standard InChI is InChI=1S/C18H27N3O2.ClH/c1-14-3-5-15(6-4-14)7-8-17(22)20-12-18(23)21-10-9-16(13-21)11-19-2;/h3-6,16,19H,7-13H2,1-2H3,(H,20,22);1H. The summed E-state index contributed by atoms with van der Waals surface area (Å²) in [7, 11) is 1.93. The number of nitrogens with one attached hydrogen (secondary N) is 2. The number of halogens is 1. The van der Waals surface area contributed by atoms with Gasteiger partial charge in [-0.3, -0.25) is 9.59 Å². The fraction of sp³-hybridized carbons (Fsp3) is 0.556. The van der Waals surface area contributed by atoms with Crippen LogP contribution in [-0.2, 0) is 16.0 Å². The van der Waals surface area contributed by atoms with Crippen molar-refractivity contribution >= 4 is 24.2 Å². The molecule has 134 valence electrons. The maximum absolute atomic E-state index is 12.1. The molecule has 1 fully saturated rings. The molecule has 0 saturated carbocycles. The second kappa shape index (κ2) is 10.3. The molecule has 5 nitrogen and oxygen atoms in total. The van der Waals surface area contributed by atoms with Crippen molar-refractivity contribution in [3.05, 3.63) is 35.4 Å². The molecule has 1 aromatic rings. The topological polar surface area (TPSA) is 61.4 Å². The monoisotopic (exact) mass is 353 g/mol. The van der Waals surface area contributed by atoms with E-state index in [1.165, 1.54) is 5.56 Å². The van der Waals surface area contributed by atoms with E-state index in [0.717, 1.165) is 31.6 Å². The zero-order valence-corrected chi connectivity index (χ0v) is 15.3. The lowest BCUT2D eigenvalue weighted by molar-refractivity contribution is -0.132. The van der Waals surface area contributed by atoms with Gasteiger partial charge in [-0.2, -0.15) is 0 Å². The number of benzene rings is 1. The molecule has 1 saturated heterocycles. The average Bonchev–Trinajstić information content (AvgIpc) is 3.01. The molecule has 0 radical (unpaired) electrons. The van der Waals surface area contributed by atoms with E-state index in [0.29, 0.717) is 18.8 Å². The average molecular weight is 354 g/mol. The molecule has 1 aliphatic rings. The number of amides is 2. The van der Waals surface area contributed by atoms with E-state index in [2.05, 4.69) is 10.6 Å². The molecule has 1 aliphatic heterocycles. The highest BCUT2D eigenvalue weighted by atomic mass is 35.5. The van der Waals surface area contributed by atoms with Gasteiger partial charge < -0.3 is 15.5 Å². The maximum atomic E-state index is 12.1. The third kappa shape index (κ3) is 6.49. The normalized spacial score (nSPS) is 16.6. The Kier molecular flexibility index (Phi) is 8.79. The maximum Gasteiger partial charge on any atom is 0.241 e. The zero-order valence-electron chi connectivity index (χ0n) is 14.5. The Balaban J connectivity index is 0.00000288. The number of carbonyl (C=O) groups is 2. The van der Waals surface area contributed by atoms with Crippen LogP contribution in [0.1, 0.15) is 24.0 Å². The summed E-state index contributed by atoms with van der Waals surface area (Å²) >= 11 is 0. The van der Waals surface area contributed by atoms with Gasteiger partial charge in [0.05, 0.1) is 6.54 Å². The lowest BCUT2D eigenvalue weighted by atomic mass is 10.1. The van der Waals surface area contributed by atoms with Gasteiger partial charge in [-0.15, -0.1) is 12.4 Å². The predicted molar refractivity (Wildman–Crippen MR) is 98.4 cm³/mol. The molecule has 1 atom stereocenters. The summed E-state index contributed by atoms with van der Waals surface area (Å²) in [6.07, 6.45) is 2.15. The van der Waals surface area contributed by atoms with Crippen LogP contribution in [0.2, 0.25) is 0 Å². The van der Waals surface area contributed by atoms with E-state index < -0.39 is 0 Å². The molecule has 2 amide bonds. The second-order valence-electron chi connectivity index (χ2n) is 6.31. The molecule has 24 heavy (non-hydrogen) atoms. The molecular weight excluding hydrogens is 326 g/mol. The SMILES string of the molecule is CNCC1CCN(C(=O)CNC(=O)CCc2ccc(C)cc2)C1.Cl. The summed E-state index contributed by atoms with van der Waals surface area (Å²) in [5, 5.41) is 5.89. The summed E-state index contributed by atoms with van der Waals surface area (Å²) in [6.45, 7) is 4.68. The first-order chi connectivity index (χ1) is 11.1. The molecule has 2 N–H and O–H groups in total. The van der Waals surface area contributed by atoms with Gasteiger partial charge in [0.15, 0.2) is 0 Å². The number of rotatable bonds is 7. The van der Waals surface area contributed by atoms with Gasteiger partial charge in [-0.05, 0) is 44.8 Å². The highest BCUT2D eigenvalue weighted by molar-refractivity contribution is 5.85. The van der Waals surface area contributed by atoms with Crippen molar-refractivity contribution in [1.82, 2.24) is 15.5 Å². The van der Waals surface area contributed by atoms with Crippen LogP contribution < -0.4 is 10.6 Å². The van der Waals surface area contributed by atoms with E-state index in [1.807, 2.05) is 43.1 Å². The van der Waals surface area contributed by atoms with Crippen molar-refractivity contribution in [3.63, 3.8) is 0 Å². The zero-order chi connectivity index (χ0) is 16.7. The molecular formula is C18H28ClN3O2. The summed E-state index contributed by atoms with van der Waals surface area (Å²) in [6, 6.07) is 8.18. The van der Waals surface area contributed by atoms with Crippen molar-refractivity contribution in [2.75, 3.05) is 33.2 Å². The van der Waals surface area contributed by atoms with E-state index >= 15 is 0 Å². The van der Waals surface area contributed by atoms with E-state index in [1.54, 1.807) is 0 Å². The minimum absolute atomic E-state index is 0. The van der Waals surface area contributed by atoms with Crippen LogP contribution in [0.3, 0.4) is 0 Å². The highest BCUT2D eigenvalue weighted by Crippen LogP contribution is 2.15. The third-order valence-corrected chi connectivity index (χ3v) is 4.33. The lowest BCUT2D eigenvalue weighted by Gasteiger charge is -2.17. The van der Waals surface area contributed by atoms with E-state index in [9.17, 15) is 9.59 Å². The van der Waals surface area contributed by atoms with Crippen molar-refractivity contribution in [2.24, 2.45) is 5.92 Å². The number of likely N-dealkylation sites (tertiary alicyclic amines) is 1. The van der Waals surface area contributed by atoms with Gasteiger partial charge in [0, 0.05) is 19.5 Å². The van der Waals surface area contributed by atoms with Gasteiger partial charge in [0.25, 0.3) is 0 Å². The van der Waals surface area contributed by atoms with Crippen LogP contribution in [-0.4, -0.2) is 49.9 Å². The quantitative estimate of drug-likeness (QED) is 0.781. The minimum atomic E-state index is -0.0649. The number of carbonyl (C=O) groups excluding carboxylic acids is 2. The largest absolute Gasteiger partial charge is 0.347 e. The number of nitrogens with zero attached hydrogens (tertiary/aromatic N) is 1. The van der Waals surface area contributed by atoms with Crippen LogP contribution in [0.25, 0.3) is 0 Å². The molecule has 0 aliphatic carbocycles. The number of hydrogen-bond donors (Lipinski definition) is 2. The van der Waals surface area contributed by atoms with E-state index in [4.69, 9.17) is 0 Å². The Morgan fingerprint density at radius 1 is 1.25 bits per heavy atom. The van der Waals surface area contributed by atoms with E-state index in [-0.39, 0.29) is 30.8 Å². The van der Waals surface area contributed by atoms with Crippen molar-refractivity contribution in [1.29, 1.82) is 0 Å². The smallest absolute Gasteiger partial charge is 0.241 e.